The van der Waals surface area contributed by atoms with Crippen LogP contribution in [-0.2, 0) is 4.79 Å². The van der Waals surface area contributed by atoms with E-state index in [1.165, 1.54) is 18.3 Å². The predicted octanol–water partition coefficient (Wildman–Crippen LogP) is 3.35. The lowest BCUT2D eigenvalue weighted by molar-refractivity contribution is -0.123. The number of amides is 1. The van der Waals surface area contributed by atoms with Crippen molar-refractivity contribution in [2.75, 3.05) is 13.7 Å². The van der Waals surface area contributed by atoms with Crippen molar-refractivity contribution in [2.24, 2.45) is 5.10 Å². The average molecular weight is 414 g/mol. The van der Waals surface area contributed by atoms with Crippen LogP contribution in [0.4, 0.5) is 0 Å². The van der Waals surface area contributed by atoms with E-state index in [4.69, 9.17) is 21.1 Å². The number of nitrogens with one attached hydrogen (secondary N) is 1. The number of benzene rings is 2. The van der Waals surface area contributed by atoms with Crippen LogP contribution in [0.2, 0.25) is 5.02 Å². The number of hydrazone groups is 1. The number of halogens is 2. The Kier molecular flexibility index (Phi) is 6.45. The zero-order valence-electron chi connectivity index (χ0n) is 12.6. The maximum atomic E-state index is 11.7. The zero-order valence-corrected chi connectivity index (χ0v) is 15.0. The Morgan fingerprint density at radius 2 is 2.17 bits per heavy atom. The van der Waals surface area contributed by atoms with Crippen LogP contribution in [-0.4, -0.2) is 30.9 Å². The molecule has 2 N–H and O–H groups in total. The van der Waals surface area contributed by atoms with Crippen LogP contribution in [0.1, 0.15) is 5.56 Å². The molecular formula is C16H14BrClN2O4. The summed E-state index contributed by atoms with van der Waals surface area (Å²) in [6, 6.07) is 9.65. The van der Waals surface area contributed by atoms with E-state index in [2.05, 4.69) is 26.5 Å². The minimum absolute atomic E-state index is 0.0100. The molecule has 0 radical (unpaired) electrons. The second kappa shape index (κ2) is 8.56. The molecule has 0 aliphatic carbocycles. The molecule has 0 spiro atoms. The first-order valence-electron chi connectivity index (χ1n) is 6.76. The lowest BCUT2D eigenvalue weighted by atomic mass is 10.2. The molecule has 2 rings (SSSR count). The van der Waals surface area contributed by atoms with Gasteiger partial charge in [-0.2, -0.15) is 5.10 Å². The lowest BCUT2D eigenvalue weighted by Crippen LogP contribution is -2.24. The highest BCUT2D eigenvalue weighted by Gasteiger charge is 2.06. The van der Waals surface area contributed by atoms with Gasteiger partial charge in [0.05, 0.1) is 17.8 Å². The molecule has 0 aliphatic heterocycles. The van der Waals surface area contributed by atoms with Crippen molar-refractivity contribution in [2.45, 2.75) is 0 Å². The molecule has 0 aliphatic rings. The zero-order chi connectivity index (χ0) is 17.5. The first-order valence-corrected chi connectivity index (χ1v) is 7.93. The smallest absolute Gasteiger partial charge is 0.277 e. The van der Waals surface area contributed by atoms with Crippen LogP contribution >= 0.6 is 27.5 Å². The molecule has 0 unspecified atom stereocenters. The number of hydrogen-bond acceptors (Lipinski definition) is 5. The average Bonchev–Trinajstić information content (AvgIpc) is 2.56. The maximum Gasteiger partial charge on any atom is 0.277 e. The Morgan fingerprint density at radius 1 is 1.38 bits per heavy atom. The quantitative estimate of drug-likeness (QED) is 0.562. The number of nitrogens with zero attached hydrogens (tertiary/aromatic N) is 1. The van der Waals surface area contributed by atoms with Crippen molar-refractivity contribution in [1.29, 1.82) is 0 Å². The van der Waals surface area contributed by atoms with Gasteiger partial charge in [-0.25, -0.2) is 5.43 Å². The predicted molar refractivity (Wildman–Crippen MR) is 95.0 cm³/mol. The number of aromatic hydroxyl groups is 1. The third-order valence-corrected chi connectivity index (χ3v) is 3.74. The van der Waals surface area contributed by atoms with Gasteiger partial charge in [0, 0.05) is 10.6 Å². The Hall–Kier alpha value is -2.25. The van der Waals surface area contributed by atoms with E-state index in [9.17, 15) is 9.90 Å². The third-order valence-electron chi connectivity index (χ3n) is 2.88. The molecule has 0 atom stereocenters. The normalized spacial score (nSPS) is 10.6. The van der Waals surface area contributed by atoms with E-state index >= 15 is 0 Å². The fourth-order valence-corrected chi connectivity index (χ4v) is 2.36. The number of phenolic OH excluding ortho intramolecular Hbond substituents is 1. The van der Waals surface area contributed by atoms with E-state index < -0.39 is 5.91 Å². The second-order valence-corrected chi connectivity index (χ2v) is 5.87. The summed E-state index contributed by atoms with van der Waals surface area (Å²) in [5.41, 5.74) is 2.69. The molecule has 0 fully saturated rings. The van der Waals surface area contributed by atoms with Gasteiger partial charge in [0.25, 0.3) is 5.91 Å². The first kappa shape index (κ1) is 18.1. The molecule has 0 heterocycles. The van der Waals surface area contributed by atoms with Gasteiger partial charge in [-0.15, -0.1) is 0 Å². The summed E-state index contributed by atoms with van der Waals surface area (Å²) >= 11 is 9.15. The van der Waals surface area contributed by atoms with Crippen LogP contribution in [0.5, 0.6) is 17.2 Å². The molecule has 1 amide bonds. The summed E-state index contributed by atoms with van der Waals surface area (Å²) in [6.45, 7) is -0.218. The summed E-state index contributed by atoms with van der Waals surface area (Å²) in [5, 5.41) is 13.8. The highest BCUT2D eigenvalue weighted by Crippen LogP contribution is 2.29. The molecule has 126 valence electrons. The summed E-state index contributed by atoms with van der Waals surface area (Å²) < 4.78 is 11.1. The van der Waals surface area contributed by atoms with E-state index in [0.29, 0.717) is 26.6 Å². The fraction of sp³-hybridized carbons (Fsp3) is 0.125. The van der Waals surface area contributed by atoms with E-state index in [1.54, 1.807) is 31.4 Å². The van der Waals surface area contributed by atoms with E-state index in [-0.39, 0.29) is 12.4 Å². The molecular weight excluding hydrogens is 400 g/mol. The molecule has 2 aromatic carbocycles. The number of carbonyl (C=O) groups excluding carboxylic acids is 1. The lowest BCUT2D eigenvalue weighted by Gasteiger charge is -2.08. The Balaban J connectivity index is 1.87. The summed E-state index contributed by atoms with van der Waals surface area (Å²) in [5.74, 6) is 0.735. The molecule has 2 aromatic rings. The molecule has 24 heavy (non-hydrogen) atoms. The highest BCUT2D eigenvalue weighted by molar-refractivity contribution is 9.10. The van der Waals surface area contributed by atoms with Crippen molar-refractivity contribution in [3.8, 4) is 17.2 Å². The fourth-order valence-electron chi connectivity index (χ4n) is 1.70. The molecule has 0 saturated carbocycles. The third kappa shape index (κ3) is 5.14. The van der Waals surface area contributed by atoms with E-state index in [0.717, 1.165) is 0 Å². The molecule has 0 bridgehead atoms. The van der Waals surface area contributed by atoms with Crippen LogP contribution < -0.4 is 14.9 Å². The summed E-state index contributed by atoms with van der Waals surface area (Å²) in [7, 11) is 1.56. The molecule has 0 aromatic heterocycles. The first-order chi connectivity index (χ1) is 11.5. The largest absolute Gasteiger partial charge is 0.507 e. The highest BCUT2D eigenvalue weighted by atomic mass is 79.9. The summed E-state index contributed by atoms with van der Waals surface area (Å²) in [6.07, 6.45) is 1.29. The van der Waals surface area contributed by atoms with Crippen LogP contribution in [0, 0.1) is 0 Å². The van der Waals surface area contributed by atoms with Gasteiger partial charge < -0.3 is 14.6 Å². The van der Waals surface area contributed by atoms with Gasteiger partial charge in [0.15, 0.2) is 6.61 Å². The van der Waals surface area contributed by atoms with Gasteiger partial charge >= 0.3 is 0 Å². The maximum absolute atomic E-state index is 11.7. The second-order valence-electron chi connectivity index (χ2n) is 4.58. The standard InChI is InChI=1S/C16H14BrClN2O4/c1-23-12-3-5-15(13(17)7-12)24-9-16(22)20-19-8-10-6-11(18)2-4-14(10)21/h2-8,21H,9H2,1H3,(H,20,22)/b19-8-. The van der Waals surface area contributed by atoms with Crippen molar-refractivity contribution in [3.05, 3.63) is 51.5 Å². The van der Waals surface area contributed by atoms with Gasteiger partial charge in [-0.1, -0.05) is 11.6 Å². The van der Waals surface area contributed by atoms with E-state index in [1.807, 2.05) is 0 Å². The number of ether oxygens (including phenoxy) is 2. The minimum atomic E-state index is -0.449. The number of rotatable bonds is 6. The van der Waals surface area contributed by atoms with Gasteiger partial charge in [-0.3, -0.25) is 4.79 Å². The van der Waals surface area contributed by atoms with Crippen molar-refractivity contribution >= 4 is 39.7 Å². The SMILES string of the molecule is COc1ccc(OCC(=O)N/N=C\c2cc(Cl)ccc2O)c(Br)c1. The van der Waals surface area contributed by atoms with Crippen LogP contribution in [0.15, 0.2) is 46.0 Å². The Morgan fingerprint density at radius 3 is 2.88 bits per heavy atom. The topological polar surface area (TPSA) is 80.2 Å². The van der Waals surface area contributed by atoms with Gasteiger partial charge in [-0.05, 0) is 52.3 Å². The minimum Gasteiger partial charge on any atom is -0.507 e. The van der Waals surface area contributed by atoms with Crippen LogP contribution in [0.25, 0.3) is 0 Å². The van der Waals surface area contributed by atoms with Gasteiger partial charge in [0.2, 0.25) is 0 Å². The number of carbonyl (C=O) groups is 1. The number of methoxy groups -OCH3 is 1. The number of phenols is 1. The van der Waals surface area contributed by atoms with Crippen molar-refractivity contribution < 1.29 is 19.4 Å². The molecule has 6 nitrogen and oxygen atoms in total. The monoisotopic (exact) mass is 412 g/mol. The number of hydrogen-bond donors (Lipinski definition) is 2. The Labute approximate surface area is 152 Å². The summed E-state index contributed by atoms with van der Waals surface area (Å²) in [4.78, 5) is 11.7. The van der Waals surface area contributed by atoms with Gasteiger partial charge in [0.1, 0.15) is 17.2 Å². The van der Waals surface area contributed by atoms with Crippen molar-refractivity contribution in [3.63, 3.8) is 0 Å². The van der Waals surface area contributed by atoms with Crippen LogP contribution in [0.3, 0.4) is 0 Å². The molecule has 8 heteroatoms. The van der Waals surface area contributed by atoms with Crippen molar-refractivity contribution in [1.82, 2.24) is 5.43 Å². The Bertz CT molecular complexity index is 768. The molecule has 0 saturated heterocycles.